The number of aliphatic hydroxyl groups is 1. The molecular weight excluding hydrogens is 444 g/mol. The first-order valence-corrected chi connectivity index (χ1v) is 13.6. The highest BCUT2D eigenvalue weighted by atomic mass is 16.5. The van der Waals surface area contributed by atoms with Gasteiger partial charge in [0, 0.05) is 17.0 Å². The van der Waals surface area contributed by atoms with Crippen molar-refractivity contribution in [3.8, 4) is 22.6 Å². The maximum Gasteiger partial charge on any atom is 0.128 e. The molecular formula is C33H42O3. The molecule has 0 aromatic heterocycles. The lowest BCUT2D eigenvalue weighted by molar-refractivity contribution is -0.162. The van der Waals surface area contributed by atoms with Crippen LogP contribution in [0, 0.1) is 22.7 Å². The van der Waals surface area contributed by atoms with Crippen LogP contribution in [0.15, 0.2) is 61.7 Å². The fourth-order valence-electron chi connectivity index (χ4n) is 7.71. The molecule has 2 N–H and O–H groups in total. The van der Waals surface area contributed by atoms with E-state index in [-0.39, 0.29) is 22.9 Å². The van der Waals surface area contributed by atoms with Crippen LogP contribution in [-0.2, 0) is 12.8 Å². The fraction of sp³-hybridized carbons (Fsp3) is 0.515. The van der Waals surface area contributed by atoms with Gasteiger partial charge in [0.2, 0.25) is 0 Å². The van der Waals surface area contributed by atoms with Crippen LogP contribution in [0.2, 0.25) is 0 Å². The van der Waals surface area contributed by atoms with E-state index in [4.69, 9.17) is 4.74 Å². The van der Waals surface area contributed by atoms with Crippen LogP contribution < -0.4 is 4.74 Å². The van der Waals surface area contributed by atoms with Crippen LogP contribution in [-0.4, -0.2) is 21.9 Å². The number of ether oxygens (including phenoxy) is 1. The van der Waals surface area contributed by atoms with E-state index in [0.29, 0.717) is 17.3 Å². The maximum absolute atomic E-state index is 11.0. The van der Waals surface area contributed by atoms with Gasteiger partial charge in [-0.2, -0.15) is 0 Å². The lowest BCUT2D eigenvalue weighted by Gasteiger charge is -2.59. The Bertz CT molecular complexity index is 1160. The van der Waals surface area contributed by atoms with E-state index >= 15 is 0 Å². The van der Waals surface area contributed by atoms with Crippen molar-refractivity contribution in [3.63, 3.8) is 0 Å². The first kappa shape index (κ1) is 25.1. The van der Waals surface area contributed by atoms with E-state index in [2.05, 4.69) is 58.2 Å². The van der Waals surface area contributed by atoms with Gasteiger partial charge in [0.05, 0.1) is 6.10 Å². The van der Waals surface area contributed by atoms with Gasteiger partial charge in [-0.1, -0.05) is 45.1 Å². The highest BCUT2D eigenvalue weighted by Gasteiger charge is 2.63. The molecule has 3 saturated carbocycles. The molecule has 2 aromatic carbocycles. The topological polar surface area (TPSA) is 49.7 Å². The third-order valence-electron chi connectivity index (χ3n) is 9.75. The molecule has 0 heterocycles. The second kappa shape index (κ2) is 9.10. The number of benzene rings is 2. The molecule has 0 spiro atoms. The van der Waals surface area contributed by atoms with E-state index in [0.717, 1.165) is 79.4 Å². The molecule has 3 aliphatic rings. The average Bonchev–Trinajstić information content (AvgIpc) is 2.91. The summed E-state index contributed by atoms with van der Waals surface area (Å²) in [7, 11) is 0. The maximum atomic E-state index is 11.0. The molecule has 0 saturated heterocycles. The van der Waals surface area contributed by atoms with E-state index < -0.39 is 0 Å². The normalized spacial score (nSPS) is 32.5. The summed E-state index contributed by atoms with van der Waals surface area (Å²) in [6.45, 7) is 14.9. The van der Waals surface area contributed by atoms with Crippen molar-refractivity contribution in [2.75, 3.05) is 0 Å². The van der Waals surface area contributed by atoms with Gasteiger partial charge >= 0.3 is 0 Å². The summed E-state index contributed by atoms with van der Waals surface area (Å²) in [5.74, 6) is 2.19. The Morgan fingerprint density at radius 2 is 1.58 bits per heavy atom. The zero-order valence-corrected chi connectivity index (χ0v) is 22.2. The Labute approximate surface area is 216 Å². The molecule has 3 fully saturated rings. The van der Waals surface area contributed by atoms with Gasteiger partial charge in [0.15, 0.2) is 0 Å². The molecule has 0 radical (unpaired) electrons. The summed E-state index contributed by atoms with van der Waals surface area (Å²) in [6.07, 6.45) is 10.9. The predicted octanol–water partition coefficient (Wildman–Crippen LogP) is 7.64. The zero-order valence-electron chi connectivity index (χ0n) is 22.2. The Balaban J connectivity index is 1.61. The molecule has 2 aromatic rings. The Hall–Kier alpha value is -2.52. The van der Waals surface area contributed by atoms with Crippen molar-refractivity contribution in [2.45, 2.75) is 83.8 Å². The molecule has 0 unspecified atom stereocenters. The minimum atomic E-state index is -0.298. The van der Waals surface area contributed by atoms with E-state index in [1.807, 2.05) is 18.2 Å². The molecule has 0 aliphatic heterocycles. The second-order valence-electron chi connectivity index (χ2n) is 12.7. The Kier molecular flexibility index (Phi) is 6.35. The number of phenols is 1. The lowest BCUT2D eigenvalue weighted by atomic mass is 9.49. The Morgan fingerprint density at radius 3 is 2.25 bits per heavy atom. The van der Waals surface area contributed by atoms with Gasteiger partial charge in [0.25, 0.3) is 0 Å². The summed E-state index contributed by atoms with van der Waals surface area (Å²) in [5.41, 5.74) is 3.87. The van der Waals surface area contributed by atoms with Crippen LogP contribution in [0.4, 0.5) is 0 Å². The summed E-state index contributed by atoms with van der Waals surface area (Å²) in [6, 6.07) is 12.2. The number of hydrogen-bond donors (Lipinski definition) is 2. The van der Waals surface area contributed by atoms with Gasteiger partial charge in [-0.3, -0.25) is 0 Å². The standard InChI is InChI=1S/C33H42O3/c1-6-8-22-10-12-28(34)24(18-22)25-19-23(9-7-2)11-13-29(25)36-33-17-15-30(35)32(5,21-33)16-14-26-27(33)20-31(26,3)4/h6-7,10-13,18-19,26-27,30,34-35H,1-2,8-9,14-17,20-21H2,3-5H3/t26-,27+,30+,32-,33+/m1/s1. The zero-order chi connectivity index (χ0) is 25.7. The van der Waals surface area contributed by atoms with E-state index in [1.165, 1.54) is 0 Å². The van der Waals surface area contributed by atoms with Gasteiger partial charge in [0.1, 0.15) is 17.1 Å². The van der Waals surface area contributed by atoms with Crippen molar-refractivity contribution in [1.29, 1.82) is 0 Å². The minimum absolute atomic E-state index is 0.124. The van der Waals surface area contributed by atoms with E-state index in [9.17, 15) is 10.2 Å². The molecule has 2 bridgehead atoms. The Morgan fingerprint density at radius 1 is 0.917 bits per heavy atom. The number of aromatic hydroxyl groups is 1. The average molecular weight is 487 g/mol. The third-order valence-corrected chi connectivity index (χ3v) is 9.75. The SMILES string of the molecule is C=CCc1ccc(O)c(-c2cc(CC=C)ccc2O[C@]23CC[C@H](O)[C@](C)(CC[C@@H]4[C@@H]2CC4(C)C)C3)c1. The largest absolute Gasteiger partial charge is 0.507 e. The summed E-state index contributed by atoms with van der Waals surface area (Å²) >= 11 is 0. The fourth-order valence-corrected chi connectivity index (χ4v) is 7.71. The van der Waals surface area contributed by atoms with Crippen LogP contribution in [0.5, 0.6) is 11.5 Å². The van der Waals surface area contributed by atoms with Gasteiger partial charge in [-0.15, -0.1) is 13.2 Å². The van der Waals surface area contributed by atoms with Crippen LogP contribution in [0.3, 0.4) is 0 Å². The number of fused-ring (bicyclic) bond motifs is 4. The molecule has 5 atom stereocenters. The minimum Gasteiger partial charge on any atom is -0.507 e. The van der Waals surface area contributed by atoms with E-state index in [1.54, 1.807) is 6.07 Å². The van der Waals surface area contributed by atoms with Crippen molar-refractivity contribution in [2.24, 2.45) is 22.7 Å². The van der Waals surface area contributed by atoms with Crippen LogP contribution in [0.1, 0.15) is 70.4 Å². The number of hydrogen-bond acceptors (Lipinski definition) is 3. The highest BCUT2D eigenvalue weighted by Crippen LogP contribution is 2.66. The highest BCUT2D eigenvalue weighted by molar-refractivity contribution is 5.77. The monoisotopic (exact) mass is 486 g/mol. The molecule has 0 amide bonds. The van der Waals surface area contributed by atoms with Crippen LogP contribution in [0.25, 0.3) is 11.1 Å². The van der Waals surface area contributed by atoms with Crippen molar-refractivity contribution >= 4 is 0 Å². The van der Waals surface area contributed by atoms with Gasteiger partial charge in [-0.05, 0) is 104 Å². The quantitative estimate of drug-likeness (QED) is 0.395. The first-order chi connectivity index (χ1) is 17.1. The summed E-state index contributed by atoms with van der Waals surface area (Å²) < 4.78 is 7.24. The first-order valence-electron chi connectivity index (χ1n) is 13.6. The number of aliphatic hydroxyl groups excluding tert-OH is 1. The van der Waals surface area contributed by atoms with Crippen molar-refractivity contribution in [1.82, 2.24) is 0 Å². The summed E-state index contributed by atoms with van der Waals surface area (Å²) in [5, 5.41) is 22.0. The third kappa shape index (κ3) is 4.20. The number of phenolic OH excluding ortho intramolecular Hbond substituents is 1. The second-order valence-corrected chi connectivity index (χ2v) is 12.7. The predicted molar refractivity (Wildman–Crippen MR) is 147 cm³/mol. The van der Waals surface area contributed by atoms with Gasteiger partial charge < -0.3 is 14.9 Å². The molecule has 36 heavy (non-hydrogen) atoms. The molecule has 3 heteroatoms. The van der Waals surface area contributed by atoms with Crippen LogP contribution >= 0.6 is 0 Å². The van der Waals surface area contributed by atoms with Crippen molar-refractivity contribution < 1.29 is 14.9 Å². The number of rotatable bonds is 7. The molecule has 5 rings (SSSR count). The smallest absolute Gasteiger partial charge is 0.128 e. The molecule has 3 aliphatic carbocycles. The molecule has 3 nitrogen and oxygen atoms in total. The van der Waals surface area contributed by atoms with Crippen molar-refractivity contribution in [3.05, 3.63) is 72.8 Å². The molecule has 192 valence electrons. The lowest BCUT2D eigenvalue weighted by Crippen LogP contribution is -2.60. The summed E-state index contributed by atoms with van der Waals surface area (Å²) in [4.78, 5) is 0. The van der Waals surface area contributed by atoms with Gasteiger partial charge in [-0.25, -0.2) is 0 Å². The number of allylic oxidation sites excluding steroid dienone is 2.